The molecule has 6 heteroatoms. The van der Waals surface area contributed by atoms with Crippen LogP contribution in [0, 0.1) is 0 Å². The number of aromatic nitrogens is 4. The second-order valence-electron chi connectivity index (χ2n) is 7.47. The Kier molecular flexibility index (Phi) is 4.37. The molecular weight excluding hydrogens is 416 g/mol. The van der Waals surface area contributed by atoms with Crippen LogP contribution in [0.25, 0.3) is 49.8 Å². The monoisotopic (exact) mass is 434 g/mol. The van der Waals surface area contributed by atoms with Gasteiger partial charge in [-0.15, -0.1) is 11.3 Å². The summed E-state index contributed by atoms with van der Waals surface area (Å²) in [5.74, 6) is 0.214. The number of thiazole rings is 1. The van der Waals surface area contributed by atoms with Gasteiger partial charge in [0.1, 0.15) is 5.75 Å². The van der Waals surface area contributed by atoms with Gasteiger partial charge in [0.25, 0.3) is 0 Å². The van der Waals surface area contributed by atoms with Gasteiger partial charge in [0.2, 0.25) is 5.13 Å². The summed E-state index contributed by atoms with van der Waals surface area (Å²) in [4.78, 5) is 8.18. The number of nitrogens with one attached hydrogen (secondary N) is 1. The molecule has 0 fully saturated rings. The fraction of sp³-hybridized carbons (Fsp3) is 0. The average molecular weight is 435 g/mol. The molecule has 0 aliphatic rings. The highest BCUT2D eigenvalue weighted by molar-refractivity contribution is 7.12. The van der Waals surface area contributed by atoms with E-state index in [1.54, 1.807) is 12.1 Å². The Morgan fingerprint density at radius 3 is 2.47 bits per heavy atom. The van der Waals surface area contributed by atoms with Crippen LogP contribution in [0.4, 0.5) is 0 Å². The molecule has 0 radical (unpaired) electrons. The smallest absolute Gasteiger partial charge is 0.211 e. The maximum atomic E-state index is 10.3. The molecule has 0 aliphatic heterocycles. The summed E-state index contributed by atoms with van der Waals surface area (Å²) in [6.45, 7) is 0. The number of hydrogen-bond donors (Lipinski definition) is 2. The minimum Gasteiger partial charge on any atom is -0.507 e. The SMILES string of the molecule is Oc1ccccc1-c1csc(-n2nc(-c3ccccc3)cc2-c2c[nH]c3ccccc23)n1. The Morgan fingerprint density at radius 1 is 0.812 bits per heavy atom. The third-order valence-corrected chi connectivity index (χ3v) is 6.31. The van der Waals surface area contributed by atoms with Crippen LogP contribution < -0.4 is 0 Å². The number of H-pyrrole nitrogens is 1. The molecule has 0 amide bonds. The quantitative estimate of drug-likeness (QED) is 0.332. The van der Waals surface area contributed by atoms with Gasteiger partial charge in [0.15, 0.2) is 0 Å². The molecule has 6 rings (SSSR count). The molecule has 3 heterocycles. The van der Waals surface area contributed by atoms with Crippen LogP contribution in [0.5, 0.6) is 5.75 Å². The van der Waals surface area contributed by atoms with Crippen molar-refractivity contribution in [3.8, 4) is 44.7 Å². The van der Waals surface area contributed by atoms with Gasteiger partial charge in [-0.3, -0.25) is 0 Å². The van der Waals surface area contributed by atoms with E-state index in [2.05, 4.69) is 35.3 Å². The fourth-order valence-electron chi connectivity index (χ4n) is 3.93. The van der Waals surface area contributed by atoms with E-state index in [4.69, 9.17) is 10.1 Å². The van der Waals surface area contributed by atoms with Crippen molar-refractivity contribution in [1.29, 1.82) is 0 Å². The van der Waals surface area contributed by atoms with Crippen LogP contribution >= 0.6 is 11.3 Å². The van der Waals surface area contributed by atoms with Gasteiger partial charge in [0, 0.05) is 39.2 Å². The van der Waals surface area contributed by atoms with Gasteiger partial charge in [-0.25, -0.2) is 9.67 Å². The van der Waals surface area contributed by atoms with Gasteiger partial charge >= 0.3 is 0 Å². The average Bonchev–Trinajstić information content (AvgIpc) is 3.57. The first kappa shape index (κ1) is 18.6. The first-order valence-electron chi connectivity index (χ1n) is 10.2. The third-order valence-electron chi connectivity index (χ3n) is 5.50. The Morgan fingerprint density at radius 2 is 1.59 bits per heavy atom. The van der Waals surface area contributed by atoms with E-state index in [-0.39, 0.29) is 5.75 Å². The van der Waals surface area contributed by atoms with E-state index < -0.39 is 0 Å². The Bertz CT molecular complexity index is 1540. The van der Waals surface area contributed by atoms with E-state index in [0.29, 0.717) is 5.56 Å². The molecule has 3 aromatic carbocycles. The summed E-state index contributed by atoms with van der Waals surface area (Å²) in [7, 11) is 0. The zero-order valence-corrected chi connectivity index (χ0v) is 17.8. The molecule has 2 N–H and O–H groups in total. The number of rotatable bonds is 4. The largest absolute Gasteiger partial charge is 0.507 e. The van der Waals surface area contributed by atoms with Crippen LogP contribution in [0.3, 0.4) is 0 Å². The summed E-state index contributed by atoms with van der Waals surface area (Å²) in [6.07, 6.45) is 2.02. The topological polar surface area (TPSA) is 66.7 Å². The lowest BCUT2D eigenvalue weighted by molar-refractivity contribution is 0.477. The standard InChI is InChI=1S/C26H18N4OS/c31-25-13-7-5-11-19(25)23-16-32-26(28-23)30-24(14-22(29-30)17-8-2-1-3-9-17)20-15-27-21-12-6-4-10-18(20)21/h1-16,27,31H. The zero-order valence-electron chi connectivity index (χ0n) is 16.9. The molecule has 6 aromatic rings. The molecule has 5 nitrogen and oxygen atoms in total. The Hall–Kier alpha value is -4.16. The van der Waals surface area contributed by atoms with Crippen molar-refractivity contribution in [2.75, 3.05) is 0 Å². The Labute approximate surface area is 188 Å². The number of aromatic hydroxyl groups is 1. The molecule has 0 spiro atoms. The molecule has 0 aliphatic carbocycles. The van der Waals surface area contributed by atoms with Crippen LogP contribution in [-0.2, 0) is 0 Å². The predicted octanol–water partition coefficient (Wildman–Crippen LogP) is 6.52. The van der Waals surface area contributed by atoms with Gasteiger partial charge in [-0.2, -0.15) is 5.10 Å². The number of para-hydroxylation sites is 2. The van der Waals surface area contributed by atoms with Gasteiger partial charge in [-0.1, -0.05) is 60.7 Å². The third kappa shape index (κ3) is 3.09. The van der Waals surface area contributed by atoms with E-state index in [0.717, 1.165) is 44.2 Å². The minimum absolute atomic E-state index is 0.214. The molecule has 0 saturated carbocycles. The first-order chi connectivity index (χ1) is 15.8. The number of hydrogen-bond acceptors (Lipinski definition) is 4. The summed E-state index contributed by atoms with van der Waals surface area (Å²) in [5, 5.41) is 19.0. The lowest BCUT2D eigenvalue weighted by Crippen LogP contribution is -1.98. The van der Waals surface area contributed by atoms with E-state index in [9.17, 15) is 5.11 Å². The summed E-state index contributed by atoms with van der Waals surface area (Å²) >= 11 is 1.50. The molecule has 3 aromatic heterocycles. The number of phenols is 1. The van der Waals surface area contributed by atoms with Gasteiger partial charge in [0.05, 0.1) is 17.1 Å². The molecule has 0 bridgehead atoms. The van der Waals surface area contributed by atoms with E-state index in [1.807, 2.05) is 58.7 Å². The van der Waals surface area contributed by atoms with Crippen molar-refractivity contribution in [1.82, 2.24) is 19.7 Å². The lowest BCUT2D eigenvalue weighted by atomic mass is 10.1. The normalized spacial score (nSPS) is 11.2. The number of phenolic OH excluding ortho intramolecular Hbond substituents is 1. The van der Waals surface area contributed by atoms with E-state index >= 15 is 0 Å². The molecule has 0 unspecified atom stereocenters. The molecule has 154 valence electrons. The van der Waals surface area contributed by atoms with Crippen molar-refractivity contribution < 1.29 is 5.11 Å². The number of aromatic amines is 1. The van der Waals surface area contributed by atoms with Crippen LogP contribution in [0.15, 0.2) is 96.5 Å². The number of nitrogens with zero attached hydrogens (tertiary/aromatic N) is 3. The van der Waals surface area contributed by atoms with Crippen LogP contribution in [0.2, 0.25) is 0 Å². The maximum Gasteiger partial charge on any atom is 0.211 e. The summed E-state index contributed by atoms with van der Waals surface area (Å²) in [5.41, 5.74) is 6.46. The first-order valence-corrected chi connectivity index (χ1v) is 11.1. The minimum atomic E-state index is 0.214. The molecular formula is C26H18N4OS. The molecule has 0 saturated heterocycles. The molecule has 0 atom stereocenters. The lowest BCUT2D eigenvalue weighted by Gasteiger charge is -2.03. The van der Waals surface area contributed by atoms with Gasteiger partial charge < -0.3 is 10.1 Å². The van der Waals surface area contributed by atoms with Crippen molar-refractivity contribution in [2.45, 2.75) is 0 Å². The van der Waals surface area contributed by atoms with Crippen molar-refractivity contribution >= 4 is 22.2 Å². The number of fused-ring (bicyclic) bond motifs is 1. The second kappa shape index (κ2) is 7.51. The maximum absolute atomic E-state index is 10.3. The summed E-state index contributed by atoms with van der Waals surface area (Å²) < 4.78 is 1.89. The Balaban J connectivity index is 1.54. The second-order valence-corrected chi connectivity index (χ2v) is 8.31. The highest BCUT2D eigenvalue weighted by Crippen LogP contribution is 2.36. The van der Waals surface area contributed by atoms with Gasteiger partial charge in [-0.05, 0) is 24.3 Å². The summed E-state index contributed by atoms with van der Waals surface area (Å²) in [6, 6.07) is 27.7. The van der Waals surface area contributed by atoms with Crippen LogP contribution in [-0.4, -0.2) is 24.9 Å². The van der Waals surface area contributed by atoms with Crippen molar-refractivity contribution in [2.24, 2.45) is 0 Å². The highest BCUT2D eigenvalue weighted by atomic mass is 32.1. The van der Waals surface area contributed by atoms with E-state index in [1.165, 1.54) is 11.3 Å². The highest BCUT2D eigenvalue weighted by Gasteiger charge is 2.19. The van der Waals surface area contributed by atoms with Crippen molar-refractivity contribution in [3.05, 3.63) is 96.5 Å². The predicted molar refractivity (Wildman–Crippen MR) is 129 cm³/mol. The number of benzene rings is 3. The fourth-order valence-corrected chi connectivity index (χ4v) is 4.71. The zero-order chi connectivity index (χ0) is 21.5. The van der Waals surface area contributed by atoms with Crippen molar-refractivity contribution in [3.63, 3.8) is 0 Å². The molecule has 32 heavy (non-hydrogen) atoms. The van der Waals surface area contributed by atoms with Crippen LogP contribution in [0.1, 0.15) is 0 Å².